The van der Waals surface area contributed by atoms with Crippen LogP contribution in [0.4, 0.5) is 0 Å². The van der Waals surface area contributed by atoms with E-state index in [4.69, 9.17) is 9.47 Å². The molecule has 0 radical (unpaired) electrons. The molecule has 1 aromatic carbocycles. The van der Waals surface area contributed by atoms with Gasteiger partial charge in [0.05, 0.1) is 20.6 Å². The molecule has 2 rings (SSSR count). The summed E-state index contributed by atoms with van der Waals surface area (Å²) in [6, 6.07) is 10.9. The lowest BCUT2D eigenvalue weighted by atomic mass is 10.1. The van der Waals surface area contributed by atoms with E-state index < -0.39 is 0 Å². The van der Waals surface area contributed by atoms with Gasteiger partial charge in [0.15, 0.2) is 17.3 Å². The highest BCUT2D eigenvalue weighted by atomic mass is 79.9. The molecule has 1 N–H and O–H groups in total. The van der Waals surface area contributed by atoms with Crippen molar-refractivity contribution < 1.29 is 19.1 Å². The maximum absolute atomic E-state index is 12.3. The van der Waals surface area contributed by atoms with Gasteiger partial charge in [-0.15, -0.1) is 11.3 Å². The fraction of sp³-hybridized carbons (Fsp3) is 0.143. The van der Waals surface area contributed by atoms with Crippen molar-refractivity contribution in [2.75, 3.05) is 14.2 Å². The van der Waals surface area contributed by atoms with E-state index in [-0.39, 0.29) is 11.7 Å². The Morgan fingerprint density at radius 1 is 1.07 bits per heavy atom. The number of allylic oxidation sites excluding steroid dienone is 3. The lowest BCUT2D eigenvalue weighted by Gasteiger charge is -2.07. The highest BCUT2D eigenvalue weighted by Crippen LogP contribution is 2.14. The van der Waals surface area contributed by atoms with Gasteiger partial charge >= 0.3 is 0 Å². The minimum Gasteiger partial charge on any atom is -0.493 e. The lowest BCUT2D eigenvalue weighted by molar-refractivity contribution is -0.119. The van der Waals surface area contributed by atoms with Crippen LogP contribution in [0, 0.1) is 0 Å². The zero-order valence-corrected chi connectivity index (χ0v) is 17.9. The van der Waals surface area contributed by atoms with Gasteiger partial charge in [0.25, 0.3) is 0 Å². The minimum absolute atomic E-state index is 0.131. The molecular formula is C21H20BrNO4S. The summed E-state index contributed by atoms with van der Waals surface area (Å²) in [6.45, 7) is 0. The molecule has 0 saturated carbocycles. The zero-order chi connectivity index (χ0) is 20.4. The first kappa shape index (κ1) is 21.7. The molecule has 0 aliphatic rings. The van der Waals surface area contributed by atoms with Gasteiger partial charge in [-0.1, -0.05) is 34.1 Å². The highest BCUT2D eigenvalue weighted by molar-refractivity contribution is 9.10. The summed E-state index contributed by atoms with van der Waals surface area (Å²) in [7, 11) is 2.96. The van der Waals surface area contributed by atoms with Crippen LogP contribution in [0.5, 0.6) is 0 Å². The normalized spacial score (nSPS) is 12.1. The van der Waals surface area contributed by atoms with Crippen molar-refractivity contribution in [3.63, 3.8) is 0 Å². The average molecular weight is 462 g/mol. The maximum Gasteiger partial charge on any atom is 0.229 e. The van der Waals surface area contributed by atoms with E-state index in [9.17, 15) is 9.59 Å². The van der Waals surface area contributed by atoms with Gasteiger partial charge in [0.2, 0.25) is 5.91 Å². The van der Waals surface area contributed by atoms with Crippen LogP contribution in [-0.2, 0) is 20.7 Å². The van der Waals surface area contributed by atoms with Crippen LogP contribution < -0.4 is 5.32 Å². The molecule has 28 heavy (non-hydrogen) atoms. The second kappa shape index (κ2) is 11.3. The van der Waals surface area contributed by atoms with E-state index in [0.717, 1.165) is 9.35 Å². The fourth-order valence-corrected chi connectivity index (χ4v) is 3.33. The number of halogens is 1. The van der Waals surface area contributed by atoms with Gasteiger partial charge in [0, 0.05) is 27.2 Å². The Labute approximate surface area is 176 Å². The van der Waals surface area contributed by atoms with Crippen LogP contribution in [0.25, 0.3) is 0 Å². The number of thiophene rings is 1. The van der Waals surface area contributed by atoms with Crippen molar-refractivity contribution in [3.05, 3.63) is 92.6 Å². The van der Waals surface area contributed by atoms with E-state index >= 15 is 0 Å². The molecule has 0 aliphatic heterocycles. The molecule has 0 unspecified atom stereocenters. The van der Waals surface area contributed by atoms with E-state index in [1.165, 1.54) is 43.9 Å². The van der Waals surface area contributed by atoms with Crippen molar-refractivity contribution in [3.8, 4) is 0 Å². The van der Waals surface area contributed by atoms with Crippen LogP contribution in [-0.4, -0.2) is 25.9 Å². The Morgan fingerprint density at radius 3 is 2.46 bits per heavy atom. The van der Waals surface area contributed by atoms with Crippen LogP contribution in [0.2, 0.25) is 0 Å². The molecule has 1 amide bonds. The molecule has 1 heterocycles. The molecular weight excluding hydrogens is 442 g/mol. The first-order valence-electron chi connectivity index (χ1n) is 8.32. The summed E-state index contributed by atoms with van der Waals surface area (Å²) >= 11 is 4.87. The van der Waals surface area contributed by atoms with Crippen molar-refractivity contribution in [1.82, 2.24) is 5.32 Å². The van der Waals surface area contributed by atoms with Gasteiger partial charge in [-0.05, 0) is 35.7 Å². The third-order valence-corrected chi connectivity index (χ3v) is 4.94. The summed E-state index contributed by atoms with van der Waals surface area (Å²) < 4.78 is 11.4. The number of hydrogen-bond donors (Lipinski definition) is 1. The van der Waals surface area contributed by atoms with Crippen LogP contribution in [0.1, 0.15) is 15.2 Å². The number of ether oxygens (including phenoxy) is 2. The molecule has 1 aromatic heterocycles. The van der Waals surface area contributed by atoms with Crippen molar-refractivity contribution in [2.45, 2.75) is 6.42 Å². The Hall–Kier alpha value is -2.64. The third kappa shape index (κ3) is 6.83. The van der Waals surface area contributed by atoms with Crippen LogP contribution in [0.15, 0.2) is 82.2 Å². The Bertz CT molecular complexity index is 901. The first-order valence-corrected chi connectivity index (χ1v) is 9.99. The molecule has 0 saturated heterocycles. The summed E-state index contributed by atoms with van der Waals surface area (Å²) in [5, 5.41) is 4.61. The predicted molar refractivity (Wildman–Crippen MR) is 114 cm³/mol. The molecule has 0 spiro atoms. The predicted octanol–water partition coefficient (Wildman–Crippen LogP) is 4.63. The monoisotopic (exact) mass is 461 g/mol. The molecule has 0 aliphatic carbocycles. The molecule has 7 heteroatoms. The SMILES string of the molecule is COC(/C=C/NC(=O)Cc1cccs1)=C(/C=C/C(=O)c1cccc(Br)c1)OC. The topological polar surface area (TPSA) is 64.6 Å². The summed E-state index contributed by atoms with van der Waals surface area (Å²) in [6.07, 6.45) is 6.30. The van der Waals surface area contributed by atoms with Crippen LogP contribution in [0.3, 0.4) is 0 Å². The third-order valence-electron chi connectivity index (χ3n) is 3.57. The molecule has 2 aromatic rings. The minimum atomic E-state index is -0.167. The van der Waals surface area contributed by atoms with Gasteiger partial charge in [-0.25, -0.2) is 0 Å². The number of amides is 1. The number of benzene rings is 1. The van der Waals surface area contributed by atoms with Crippen molar-refractivity contribution in [2.24, 2.45) is 0 Å². The highest BCUT2D eigenvalue weighted by Gasteiger charge is 2.06. The number of carbonyl (C=O) groups is 2. The molecule has 5 nitrogen and oxygen atoms in total. The average Bonchev–Trinajstić information content (AvgIpc) is 3.19. The van der Waals surface area contributed by atoms with E-state index in [2.05, 4.69) is 21.2 Å². The van der Waals surface area contributed by atoms with Crippen molar-refractivity contribution >= 4 is 39.0 Å². The number of rotatable bonds is 9. The lowest BCUT2D eigenvalue weighted by Crippen LogP contribution is -2.18. The molecule has 0 bridgehead atoms. The quantitative estimate of drug-likeness (QED) is 0.256. The summed E-state index contributed by atoms with van der Waals surface area (Å²) in [5.41, 5.74) is 0.552. The Kier molecular flexibility index (Phi) is 8.71. The number of methoxy groups -OCH3 is 2. The van der Waals surface area contributed by atoms with Crippen molar-refractivity contribution in [1.29, 1.82) is 0 Å². The van der Waals surface area contributed by atoms with Crippen LogP contribution >= 0.6 is 27.3 Å². The smallest absolute Gasteiger partial charge is 0.229 e. The van der Waals surface area contributed by atoms with Gasteiger partial charge in [0.1, 0.15) is 0 Å². The molecule has 0 atom stereocenters. The second-order valence-electron chi connectivity index (χ2n) is 5.50. The summed E-state index contributed by atoms with van der Waals surface area (Å²) in [5.74, 6) is 0.430. The second-order valence-corrected chi connectivity index (χ2v) is 7.45. The number of hydrogen-bond acceptors (Lipinski definition) is 5. The first-order chi connectivity index (χ1) is 13.5. The van der Waals surface area contributed by atoms with Gasteiger partial charge in [-0.2, -0.15) is 0 Å². The largest absolute Gasteiger partial charge is 0.493 e. The van der Waals surface area contributed by atoms with E-state index in [1.807, 2.05) is 23.6 Å². The Morgan fingerprint density at radius 2 is 1.82 bits per heavy atom. The van der Waals surface area contributed by atoms with Gasteiger partial charge in [-0.3, -0.25) is 9.59 Å². The fourth-order valence-electron chi connectivity index (χ4n) is 2.22. The summed E-state index contributed by atoms with van der Waals surface area (Å²) in [4.78, 5) is 25.2. The number of nitrogens with one attached hydrogen (secondary N) is 1. The molecule has 146 valence electrons. The van der Waals surface area contributed by atoms with Gasteiger partial charge < -0.3 is 14.8 Å². The van der Waals surface area contributed by atoms with E-state index in [0.29, 0.717) is 23.5 Å². The Balaban J connectivity index is 2.04. The number of carbonyl (C=O) groups excluding carboxylic acids is 2. The maximum atomic E-state index is 12.3. The molecule has 0 fully saturated rings. The standard InChI is InChI=1S/C21H20BrNO4S/c1-26-19(9-8-18(24)15-5-3-6-16(22)13-15)20(27-2)10-11-23-21(25)14-17-7-4-12-28-17/h3-13H,14H2,1-2H3,(H,23,25)/b9-8+,11-10+,20-19-. The zero-order valence-electron chi connectivity index (χ0n) is 15.5. The van der Waals surface area contributed by atoms with E-state index in [1.54, 1.807) is 24.3 Å². The number of ketones is 1.